The Kier molecular flexibility index (Phi) is 3.66. The number of rotatable bonds is 1. The average molecular weight is 111 g/mol. The summed E-state index contributed by atoms with van der Waals surface area (Å²) in [5.41, 5.74) is 0. The van der Waals surface area contributed by atoms with E-state index in [1.165, 1.54) is 0 Å². The third-order valence-electron chi connectivity index (χ3n) is 0.547. The maximum Gasteiger partial charge on any atom is 0.146 e. The normalized spacial score (nSPS) is 12.5. The van der Waals surface area contributed by atoms with Crippen molar-refractivity contribution in [2.75, 3.05) is 0 Å². The average Bonchev–Trinajstić information content (AvgIpc) is 1.83. The molecule has 0 aromatic heterocycles. The van der Waals surface area contributed by atoms with Crippen LogP contribution in [0.3, 0.4) is 0 Å². The first kappa shape index (κ1) is 7.01. The van der Waals surface area contributed by atoms with E-state index in [9.17, 15) is 0 Å². The molecule has 0 N–H and O–H groups in total. The molecule has 3 nitrogen and oxygen atoms in total. The van der Waals surface area contributed by atoms with Crippen LogP contribution in [0.4, 0.5) is 0 Å². The molecule has 0 atom stereocenters. The topological polar surface area (TPSA) is 37.1 Å². The number of aliphatic imine (C=N–C) groups is 1. The fourth-order valence-corrected chi connectivity index (χ4v) is 0.173. The van der Waals surface area contributed by atoms with Crippen molar-refractivity contribution in [1.82, 2.24) is 0 Å². The highest BCUT2D eigenvalue weighted by molar-refractivity contribution is 5.83. The van der Waals surface area contributed by atoms with Crippen LogP contribution in [-0.2, 0) is 0 Å². The lowest BCUT2D eigenvalue weighted by Crippen LogP contribution is -1.79. The minimum absolute atomic E-state index is 0.586. The predicted molar refractivity (Wildman–Crippen MR) is 36.8 cm³/mol. The highest BCUT2D eigenvalue weighted by Gasteiger charge is 1.74. The lowest BCUT2D eigenvalue weighted by Gasteiger charge is -1.79. The molecule has 0 heterocycles. The van der Waals surface area contributed by atoms with Crippen molar-refractivity contribution < 1.29 is 0 Å². The van der Waals surface area contributed by atoms with Crippen LogP contribution >= 0.6 is 0 Å². The standard InChI is InChI=1S/C5H9N3/c1-4-7-8-5(2)6-3/h4H,3H2,1-2H3/b7-4-,8-5-. The van der Waals surface area contributed by atoms with Gasteiger partial charge in [-0.25, -0.2) is 4.99 Å². The Hall–Kier alpha value is -0.990. The second-order valence-corrected chi connectivity index (χ2v) is 1.18. The lowest BCUT2D eigenvalue weighted by molar-refractivity contribution is 1.22. The zero-order valence-corrected chi connectivity index (χ0v) is 5.13. The fourth-order valence-electron chi connectivity index (χ4n) is 0.173. The maximum atomic E-state index is 3.62. The molecule has 0 aromatic carbocycles. The molecule has 0 saturated carbocycles. The first-order chi connectivity index (χ1) is 3.81. The van der Waals surface area contributed by atoms with Crippen LogP contribution in [0.5, 0.6) is 0 Å². The van der Waals surface area contributed by atoms with E-state index < -0.39 is 0 Å². The van der Waals surface area contributed by atoms with Crippen molar-refractivity contribution >= 4 is 18.8 Å². The summed E-state index contributed by atoms with van der Waals surface area (Å²) in [6.45, 7) is 6.79. The van der Waals surface area contributed by atoms with Crippen molar-refractivity contribution in [3.05, 3.63) is 0 Å². The molecule has 0 saturated heterocycles. The van der Waals surface area contributed by atoms with E-state index in [2.05, 4.69) is 21.9 Å². The van der Waals surface area contributed by atoms with Gasteiger partial charge in [-0.2, -0.15) is 5.10 Å². The van der Waals surface area contributed by atoms with Crippen LogP contribution in [0.15, 0.2) is 15.2 Å². The van der Waals surface area contributed by atoms with E-state index in [0.717, 1.165) is 0 Å². The van der Waals surface area contributed by atoms with Crippen LogP contribution < -0.4 is 0 Å². The number of nitrogens with zero attached hydrogens (tertiary/aromatic N) is 3. The second-order valence-electron chi connectivity index (χ2n) is 1.18. The van der Waals surface area contributed by atoms with E-state index in [0.29, 0.717) is 5.84 Å². The van der Waals surface area contributed by atoms with E-state index in [4.69, 9.17) is 0 Å². The molecule has 0 bridgehead atoms. The molecule has 0 radical (unpaired) electrons. The molecule has 0 aliphatic rings. The Balaban J connectivity index is 3.74. The highest BCUT2D eigenvalue weighted by Crippen LogP contribution is 1.76. The van der Waals surface area contributed by atoms with E-state index in [1.54, 1.807) is 20.1 Å². The third-order valence-corrected chi connectivity index (χ3v) is 0.547. The SMILES string of the molecule is C=N/C(C)=N\N=C/C. The summed E-state index contributed by atoms with van der Waals surface area (Å²) in [5, 5.41) is 7.19. The zero-order chi connectivity index (χ0) is 6.41. The lowest BCUT2D eigenvalue weighted by atomic mass is 10.7. The van der Waals surface area contributed by atoms with Gasteiger partial charge in [0.15, 0.2) is 0 Å². The van der Waals surface area contributed by atoms with Gasteiger partial charge in [-0.15, -0.1) is 5.10 Å². The summed E-state index contributed by atoms with van der Waals surface area (Å²) in [7, 11) is 0. The summed E-state index contributed by atoms with van der Waals surface area (Å²) in [6.07, 6.45) is 1.59. The van der Waals surface area contributed by atoms with Gasteiger partial charge in [0.25, 0.3) is 0 Å². The minimum Gasteiger partial charge on any atom is -0.248 e. The van der Waals surface area contributed by atoms with Crippen LogP contribution in [0.1, 0.15) is 13.8 Å². The molecular weight excluding hydrogens is 102 g/mol. The first-order valence-corrected chi connectivity index (χ1v) is 2.30. The van der Waals surface area contributed by atoms with Crippen LogP contribution in [0, 0.1) is 0 Å². The van der Waals surface area contributed by atoms with E-state index in [1.807, 2.05) is 0 Å². The molecule has 44 valence electrons. The Bertz CT molecular complexity index is 124. The minimum atomic E-state index is 0.586. The Morgan fingerprint density at radius 3 is 2.62 bits per heavy atom. The summed E-state index contributed by atoms with van der Waals surface area (Å²) in [5.74, 6) is 0.586. The molecule has 0 amide bonds. The quantitative estimate of drug-likeness (QED) is 0.276. The molecule has 0 fully saturated rings. The monoisotopic (exact) mass is 111 g/mol. The molecule has 8 heavy (non-hydrogen) atoms. The van der Waals surface area contributed by atoms with E-state index >= 15 is 0 Å². The number of hydrogen-bond acceptors (Lipinski definition) is 2. The maximum absolute atomic E-state index is 3.62. The van der Waals surface area contributed by atoms with Gasteiger partial charge in [-0.05, 0) is 20.6 Å². The van der Waals surface area contributed by atoms with Gasteiger partial charge >= 0.3 is 0 Å². The molecule has 0 aromatic rings. The van der Waals surface area contributed by atoms with Crippen molar-refractivity contribution in [2.24, 2.45) is 15.2 Å². The molecule has 3 heteroatoms. The summed E-state index contributed by atoms with van der Waals surface area (Å²) >= 11 is 0. The van der Waals surface area contributed by atoms with Crippen molar-refractivity contribution in [2.45, 2.75) is 13.8 Å². The predicted octanol–water partition coefficient (Wildman–Crippen LogP) is 1.11. The highest BCUT2D eigenvalue weighted by atomic mass is 15.2. The first-order valence-electron chi connectivity index (χ1n) is 2.30. The second kappa shape index (κ2) is 4.18. The largest absolute Gasteiger partial charge is 0.248 e. The molecule has 0 aliphatic heterocycles. The Morgan fingerprint density at radius 2 is 2.25 bits per heavy atom. The van der Waals surface area contributed by atoms with Crippen molar-refractivity contribution in [3.8, 4) is 0 Å². The molecule has 0 rings (SSSR count). The number of hydrogen-bond donors (Lipinski definition) is 0. The smallest absolute Gasteiger partial charge is 0.146 e. The van der Waals surface area contributed by atoms with Gasteiger partial charge in [-0.1, -0.05) is 0 Å². The van der Waals surface area contributed by atoms with Crippen molar-refractivity contribution in [3.63, 3.8) is 0 Å². The summed E-state index contributed by atoms with van der Waals surface area (Å²) < 4.78 is 0. The van der Waals surface area contributed by atoms with E-state index in [-0.39, 0.29) is 0 Å². The van der Waals surface area contributed by atoms with Crippen molar-refractivity contribution in [1.29, 1.82) is 0 Å². The van der Waals surface area contributed by atoms with Gasteiger partial charge in [-0.3, -0.25) is 0 Å². The molecule has 0 aliphatic carbocycles. The molecule has 0 unspecified atom stereocenters. The van der Waals surface area contributed by atoms with Gasteiger partial charge in [0.2, 0.25) is 0 Å². The summed E-state index contributed by atoms with van der Waals surface area (Å²) in [6, 6.07) is 0. The number of amidine groups is 1. The van der Waals surface area contributed by atoms with Crippen LogP contribution in [0.2, 0.25) is 0 Å². The van der Waals surface area contributed by atoms with Gasteiger partial charge in [0.05, 0.1) is 0 Å². The Morgan fingerprint density at radius 1 is 1.62 bits per heavy atom. The van der Waals surface area contributed by atoms with Crippen LogP contribution in [0.25, 0.3) is 0 Å². The van der Waals surface area contributed by atoms with Gasteiger partial charge in [0.1, 0.15) is 5.84 Å². The summed E-state index contributed by atoms with van der Waals surface area (Å²) in [4.78, 5) is 3.51. The molecule has 0 spiro atoms. The fraction of sp³-hybridized carbons (Fsp3) is 0.400. The Labute approximate surface area is 48.9 Å². The third kappa shape index (κ3) is 3.21. The van der Waals surface area contributed by atoms with Gasteiger partial charge in [0, 0.05) is 6.21 Å². The molecular formula is C5H9N3. The van der Waals surface area contributed by atoms with Crippen LogP contribution in [-0.4, -0.2) is 18.8 Å². The van der Waals surface area contributed by atoms with Gasteiger partial charge < -0.3 is 0 Å². The zero-order valence-electron chi connectivity index (χ0n) is 5.13.